The van der Waals surface area contributed by atoms with Gasteiger partial charge >= 0.3 is 0 Å². The Morgan fingerprint density at radius 2 is 1.77 bits per heavy atom. The highest BCUT2D eigenvalue weighted by atomic mass is 19.1. The number of aromatic amines is 1. The van der Waals surface area contributed by atoms with Gasteiger partial charge in [0.15, 0.2) is 0 Å². The van der Waals surface area contributed by atoms with Crippen molar-refractivity contribution >= 4 is 11.7 Å². The SMILES string of the molecule is N[C@@H](Cc1c[nH]cn1)C(=O)Nc1cccc(-c2ccc(Oc3ccc(F)cc3)cc2)n1. The number of H-pyrrole nitrogens is 1. The molecule has 4 aromatic rings. The molecule has 0 aliphatic heterocycles. The zero-order valence-electron chi connectivity index (χ0n) is 16.5. The number of nitrogens with one attached hydrogen (secondary N) is 2. The molecule has 4 rings (SSSR count). The molecular weight excluding hydrogens is 397 g/mol. The molecule has 8 heteroatoms. The van der Waals surface area contributed by atoms with E-state index in [1.54, 1.807) is 48.9 Å². The number of nitrogens with two attached hydrogens (primary N) is 1. The molecular formula is C23H20FN5O2. The lowest BCUT2D eigenvalue weighted by molar-refractivity contribution is -0.117. The number of halogens is 1. The van der Waals surface area contributed by atoms with Crippen LogP contribution in [-0.2, 0) is 11.2 Å². The first-order chi connectivity index (χ1) is 15.1. The number of carbonyl (C=O) groups is 1. The molecule has 2 aromatic heterocycles. The monoisotopic (exact) mass is 417 g/mol. The van der Waals surface area contributed by atoms with E-state index >= 15 is 0 Å². The Balaban J connectivity index is 1.41. The number of nitrogens with zero attached hydrogens (tertiary/aromatic N) is 2. The number of hydrogen-bond acceptors (Lipinski definition) is 5. The topological polar surface area (TPSA) is 106 Å². The quantitative estimate of drug-likeness (QED) is 0.423. The molecule has 0 radical (unpaired) electrons. The smallest absolute Gasteiger partial charge is 0.242 e. The highest BCUT2D eigenvalue weighted by molar-refractivity contribution is 5.94. The Hall–Kier alpha value is -4.04. The number of carbonyl (C=O) groups excluding carboxylic acids is 1. The number of anilines is 1. The fourth-order valence-electron chi connectivity index (χ4n) is 2.94. The molecule has 0 aliphatic rings. The van der Waals surface area contributed by atoms with Gasteiger partial charge in [0.1, 0.15) is 23.1 Å². The molecule has 0 spiro atoms. The fourth-order valence-corrected chi connectivity index (χ4v) is 2.94. The molecule has 2 aromatic carbocycles. The molecule has 0 aliphatic carbocycles. The summed E-state index contributed by atoms with van der Waals surface area (Å²) >= 11 is 0. The average molecular weight is 417 g/mol. The van der Waals surface area contributed by atoms with Gasteiger partial charge in [0.25, 0.3) is 0 Å². The summed E-state index contributed by atoms with van der Waals surface area (Å²) in [5.41, 5.74) is 8.22. The lowest BCUT2D eigenvalue weighted by atomic mass is 10.1. The lowest BCUT2D eigenvalue weighted by Crippen LogP contribution is -2.37. The second-order valence-corrected chi connectivity index (χ2v) is 6.85. The van der Waals surface area contributed by atoms with E-state index in [4.69, 9.17) is 10.5 Å². The van der Waals surface area contributed by atoms with Gasteiger partial charge in [-0.3, -0.25) is 4.79 Å². The minimum atomic E-state index is -0.739. The largest absolute Gasteiger partial charge is 0.457 e. The number of hydrogen-bond donors (Lipinski definition) is 3. The average Bonchev–Trinajstić information content (AvgIpc) is 3.29. The summed E-state index contributed by atoms with van der Waals surface area (Å²) in [6.45, 7) is 0. The highest BCUT2D eigenvalue weighted by Crippen LogP contribution is 2.25. The van der Waals surface area contributed by atoms with Crippen molar-refractivity contribution in [2.75, 3.05) is 5.32 Å². The summed E-state index contributed by atoms with van der Waals surface area (Å²) in [4.78, 5) is 23.8. The van der Waals surface area contributed by atoms with Crippen molar-refractivity contribution < 1.29 is 13.9 Å². The van der Waals surface area contributed by atoms with E-state index in [2.05, 4.69) is 20.3 Å². The molecule has 0 bridgehead atoms. The summed E-state index contributed by atoms with van der Waals surface area (Å²) in [7, 11) is 0. The minimum absolute atomic E-state index is 0.317. The summed E-state index contributed by atoms with van der Waals surface area (Å²) < 4.78 is 18.7. The predicted molar refractivity (Wildman–Crippen MR) is 115 cm³/mol. The minimum Gasteiger partial charge on any atom is -0.457 e. The summed E-state index contributed by atoms with van der Waals surface area (Å²) in [6, 6.07) is 17.7. The third kappa shape index (κ3) is 5.31. The first kappa shape index (κ1) is 20.2. The van der Waals surface area contributed by atoms with Crippen LogP contribution in [0.4, 0.5) is 10.2 Å². The third-order valence-corrected chi connectivity index (χ3v) is 4.52. The maximum Gasteiger partial charge on any atom is 0.242 e. The number of aromatic nitrogens is 3. The van der Waals surface area contributed by atoms with Crippen LogP contribution in [0.5, 0.6) is 11.5 Å². The summed E-state index contributed by atoms with van der Waals surface area (Å²) in [6.07, 6.45) is 3.57. The van der Waals surface area contributed by atoms with Crippen LogP contribution < -0.4 is 15.8 Å². The zero-order valence-corrected chi connectivity index (χ0v) is 16.5. The van der Waals surface area contributed by atoms with E-state index in [1.807, 2.05) is 18.2 Å². The third-order valence-electron chi connectivity index (χ3n) is 4.52. The molecule has 0 saturated carbocycles. The first-order valence-electron chi connectivity index (χ1n) is 9.62. The van der Waals surface area contributed by atoms with Gasteiger partial charge in [-0.25, -0.2) is 14.4 Å². The van der Waals surface area contributed by atoms with Crippen molar-refractivity contribution in [3.05, 3.63) is 90.8 Å². The van der Waals surface area contributed by atoms with Crippen LogP contribution >= 0.6 is 0 Å². The van der Waals surface area contributed by atoms with Gasteiger partial charge in [-0.15, -0.1) is 0 Å². The lowest BCUT2D eigenvalue weighted by Gasteiger charge is -2.11. The van der Waals surface area contributed by atoms with Crippen LogP contribution in [-0.4, -0.2) is 26.9 Å². The number of imidazole rings is 1. The molecule has 7 nitrogen and oxygen atoms in total. The Morgan fingerprint density at radius 3 is 2.45 bits per heavy atom. The molecule has 0 unspecified atom stereocenters. The van der Waals surface area contributed by atoms with E-state index < -0.39 is 6.04 Å². The number of rotatable bonds is 7. The summed E-state index contributed by atoms with van der Waals surface area (Å²) in [5, 5.41) is 2.74. The molecule has 31 heavy (non-hydrogen) atoms. The van der Waals surface area contributed by atoms with Crippen LogP contribution in [0, 0.1) is 5.82 Å². The van der Waals surface area contributed by atoms with E-state index in [9.17, 15) is 9.18 Å². The van der Waals surface area contributed by atoms with Gasteiger partial charge in [-0.2, -0.15) is 0 Å². The van der Waals surface area contributed by atoms with Crippen LogP contribution in [0.1, 0.15) is 5.69 Å². The Morgan fingerprint density at radius 1 is 1.06 bits per heavy atom. The standard InChI is InChI=1S/C23H20FN5O2/c24-16-6-10-19(11-7-16)31-18-8-4-15(5-9-18)21-2-1-3-22(28-21)29-23(30)20(25)12-17-13-26-14-27-17/h1-11,13-14,20H,12,25H2,(H,26,27)(H,28,29,30)/t20-/m0/s1. The molecule has 4 N–H and O–H groups in total. The molecule has 1 amide bonds. The molecule has 156 valence electrons. The fraction of sp³-hybridized carbons (Fsp3) is 0.0870. The van der Waals surface area contributed by atoms with Crippen molar-refractivity contribution in [1.29, 1.82) is 0 Å². The van der Waals surface area contributed by atoms with Gasteiger partial charge in [0.2, 0.25) is 5.91 Å². The Labute approximate surface area is 178 Å². The van der Waals surface area contributed by atoms with E-state index in [-0.39, 0.29) is 11.7 Å². The van der Waals surface area contributed by atoms with E-state index in [0.717, 1.165) is 5.56 Å². The van der Waals surface area contributed by atoms with E-state index in [0.29, 0.717) is 35.1 Å². The maximum absolute atomic E-state index is 13.0. The van der Waals surface area contributed by atoms with Crippen molar-refractivity contribution in [3.8, 4) is 22.8 Å². The van der Waals surface area contributed by atoms with Crippen molar-refractivity contribution in [2.45, 2.75) is 12.5 Å². The van der Waals surface area contributed by atoms with Crippen LogP contribution in [0.2, 0.25) is 0 Å². The van der Waals surface area contributed by atoms with Crippen LogP contribution in [0.25, 0.3) is 11.3 Å². The van der Waals surface area contributed by atoms with Crippen molar-refractivity contribution in [3.63, 3.8) is 0 Å². The van der Waals surface area contributed by atoms with Gasteiger partial charge < -0.3 is 20.8 Å². The van der Waals surface area contributed by atoms with Gasteiger partial charge in [0.05, 0.1) is 23.8 Å². The second-order valence-electron chi connectivity index (χ2n) is 6.85. The van der Waals surface area contributed by atoms with Crippen molar-refractivity contribution in [2.24, 2.45) is 5.73 Å². The second kappa shape index (κ2) is 9.19. The normalized spacial score (nSPS) is 11.7. The number of amides is 1. The van der Waals surface area contributed by atoms with Gasteiger partial charge in [0, 0.05) is 18.2 Å². The Kier molecular flexibility index (Phi) is 6.00. The first-order valence-corrected chi connectivity index (χ1v) is 9.62. The highest BCUT2D eigenvalue weighted by Gasteiger charge is 2.16. The van der Waals surface area contributed by atoms with Crippen LogP contribution in [0.3, 0.4) is 0 Å². The molecule has 0 fully saturated rings. The number of pyridine rings is 1. The van der Waals surface area contributed by atoms with Crippen molar-refractivity contribution in [1.82, 2.24) is 15.0 Å². The molecule has 2 heterocycles. The zero-order chi connectivity index (χ0) is 21.6. The Bertz CT molecular complexity index is 1150. The maximum atomic E-state index is 13.0. The number of benzene rings is 2. The van der Waals surface area contributed by atoms with E-state index in [1.165, 1.54) is 12.1 Å². The van der Waals surface area contributed by atoms with Crippen LogP contribution in [0.15, 0.2) is 79.3 Å². The molecule has 0 saturated heterocycles. The van der Waals surface area contributed by atoms with Gasteiger partial charge in [-0.1, -0.05) is 6.07 Å². The number of ether oxygens (including phenoxy) is 1. The predicted octanol–water partition coefficient (Wildman–Crippen LogP) is 3.91. The van der Waals surface area contributed by atoms with Gasteiger partial charge in [-0.05, 0) is 60.7 Å². The summed E-state index contributed by atoms with van der Waals surface area (Å²) in [5.74, 6) is 0.914. The molecule has 1 atom stereocenters.